The Morgan fingerprint density at radius 1 is 1.10 bits per heavy atom. The second kappa shape index (κ2) is 7.28. The summed E-state index contributed by atoms with van der Waals surface area (Å²) in [5.74, 6) is -2.95. The monoisotopic (exact) mass is 410 g/mol. The highest BCUT2D eigenvalue weighted by molar-refractivity contribution is 6.00. The summed E-state index contributed by atoms with van der Waals surface area (Å²) in [6.45, 7) is 0. The molecule has 1 fully saturated rings. The van der Waals surface area contributed by atoms with Crippen LogP contribution in [0, 0.1) is 5.92 Å². The molecule has 3 rings (SSSR count). The van der Waals surface area contributed by atoms with Gasteiger partial charge in [-0.15, -0.1) is 0 Å². The first kappa shape index (κ1) is 20.5. The molecule has 2 aromatic rings. The number of urea groups is 1. The van der Waals surface area contributed by atoms with Crippen molar-refractivity contribution in [1.82, 2.24) is 10.6 Å². The number of carbonyl (C=O) groups is 2. The second-order valence-electron chi connectivity index (χ2n) is 6.50. The number of hydrogen-bond acceptors (Lipinski definition) is 5. The minimum absolute atomic E-state index is 0.104. The average Bonchev–Trinajstić information content (AvgIpc) is 2.67. The molecule has 29 heavy (non-hydrogen) atoms. The summed E-state index contributed by atoms with van der Waals surface area (Å²) in [6, 6.07) is 7.44. The first-order valence-corrected chi connectivity index (χ1v) is 8.42. The Bertz CT molecular complexity index is 915. The number of nitrogens with one attached hydrogen (secondary N) is 2. The molecular weight excluding hydrogens is 393 g/mol. The molecule has 0 spiro atoms. The number of hydrogen-bond donors (Lipinski definition) is 4. The van der Waals surface area contributed by atoms with Crippen LogP contribution in [0.5, 0.6) is 11.5 Å². The molecule has 7 nitrogen and oxygen atoms in total. The highest BCUT2D eigenvalue weighted by atomic mass is 19.4. The minimum atomic E-state index is -5.34. The zero-order valence-electron chi connectivity index (χ0n) is 15.0. The molecule has 0 unspecified atom stereocenters. The lowest BCUT2D eigenvalue weighted by Gasteiger charge is -2.45. The van der Waals surface area contributed by atoms with Crippen molar-refractivity contribution in [2.24, 2.45) is 5.92 Å². The van der Waals surface area contributed by atoms with Crippen molar-refractivity contribution in [2.75, 3.05) is 7.11 Å². The number of halogens is 3. The highest BCUT2D eigenvalue weighted by Crippen LogP contribution is 2.44. The standard InChI is InChI=1S/C19H17F3N2O5/c1-29-13-8-4-11(5-9-13)16(26)14-15(10-2-6-12(25)7-3-10)23-17(27)24-18(14,28)19(20,21)22/h2-9,14-15,25,28H,1H3,(H2,23,24,27)/t14-,15-,18+/m1/s1. The van der Waals surface area contributed by atoms with E-state index in [2.05, 4.69) is 5.32 Å². The Kier molecular flexibility index (Phi) is 5.14. The van der Waals surface area contributed by atoms with Gasteiger partial charge in [-0.25, -0.2) is 4.79 Å². The van der Waals surface area contributed by atoms with Crippen molar-refractivity contribution in [3.63, 3.8) is 0 Å². The number of rotatable bonds is 4. The van der Waals surface area contributed by atoms with Crippen LogP contribution in [0.15, 0.2) is 48.5 Å². The van der Waals surface area contributed by atoms with Crippen LogP contribution in [0.1, 0.15) is 22.0 Å². The van der Waals surface area contributed by atoms with Crippen molar-refractivity contribution in [1.29, 1.82) is 0 Å². The first-order chi connectivity index (χ1) is 13.6. The van der Waals surface area contributed by atoms with Gasteiger partial charge in [-0.05, 0) is 42.0 Å². The van der Waals surface area contributed by atoms with Gasteiger partial charge in [0, 0.05) is 5.56 Å². The van der Waals surface area contributed by atoms with Gasteiger partial charge in [0.05, 0.1) is 13.2 Å². The van der Waals surface area contributed by atoms with Crippen molar-refractivity contribution < 1.29 is 37.7 Å². The summed E-state index contributed by atoms with van der Waals surface area (Å²) in [7, 11) is 1.39. The number of benzene rings is 2. The number of amides is 2. The SMILES string of the molecule is COc1ccc(C(=O)[C@H]2[C@@H](c3ccc(O)cc3)NC(=O)N[C@@]2(O)C(F)(F)F)cc1. The molecule has 1 saturated heterocycles. The van der Waals surface area contributed by atoms with E-state index in [4.69, 9.17) is 4.74 Å². The average molecular weight is 410 g/mol. The first-order valence-electron chi connectivity index (χ1n) is 8.42. The van der Waals surface area contributed by atoms with E-state index < -0.39 is 35.7 Å². The number of phenols is 1. The summed E-state index contributed by atoms with van der Waals surface area (Å²) >= 11 is 0. The maximum atomic E-state index is 13.8. The molecule has 0 radical (unpaired) electrons. The predicted octanol–water partition coefficient (Wildman–Crippen LogP) is 2.50. The zero-order chi connectivity index (χ0) is 21.4. The Hall–Kier alpha value is -3.27. The van der Waals surface area contributed by atoms with Gasteiger partial charge >= 0.3 is 12.2 Å². The van der Waals surface area contributed by atoms with Gasteiger partial charge in [-0.3, -0.25) is 4.79 Å². The number of alkyl halides is 3. The van der Waals surface area contributed by atoms with E-state index in [1.165, 1.54) is 61.0 Å². The van der Waals surface area contributed by atoms with Crippen LogP contribution in [0.25, 0.3) is 0 Å². The summed E-state index contributed by atoms with van der Waals surface area (Å²) < 4.78 is 46.3. The fourth-order valence-corrected chi connectivity index (χ4v) is 3.23. The lowest BCUT2D eigenvalue weighted by molar-refractivity contribution is -0.287. The maximum absolute atomic E-state index is 13.8. The summed E-state index contributed by atoms with van der Waals surface area (Å²) in [4.78, 5) is 25.0. The van der Waals surface area contributed by atoms with Crippen LogP contribution >= 0.6 is 0 Å². The van der Waals surface area contributed by atoms with Gasteiger partial charge in [0.2, 0.25) is 5.72 Å². The Labute approximate surface area is 163 Å². The number of ketones is 1. The number of carbonyl (C=O) groups excluding carboxylic acids is 2. The molecule has 154 valence electrons. The van der Waals surface area contributed by atoms with Gasteiger partial charge < -0.3 is 25.6 Å². The maximum Gasteiger partial charge on any atom is 0.437 e. The van der Waals surface area contributed by atoms with Crippen molar-refractivity contribution in [3.8, 4) is 11.5 Å². The molecule has 1 aliphatic rings. The molecule has 2 aromatic carbocycles. The van der Waals surface area contributed by atoms with Gasteiger partial charge in [0.15, 0.2) is 5.78 Å². The normalized spacial score (nSPS) is 24.4. The molecule has 4 N–H and O–H groups in total. The lowest BCUT2D eigenvalue weighted by Crippen LogP contribution is -2.72. The fraction of sp³-hybridized carbons (Fsp3) is 0.263. The molecule has 1 heterocycles. The molecule has 0 saturated carbocycles. The third kappa shape index (κ3) is 3.70. The van der Waals surface area contributed by atoms with Crippen LogP contribution in [0.2, 0.25) is 0 Å². The number of ether oxygens (including phenoxy) is 1. The second-order valence-corrected chi connectivity index (χ2v) is 6.50. The zero-order valence-corrected chi connectivity index (χ0v) is 15.0. The number of methoxy groups -OCH3 is 1. The van der Waals surface area contributed by atoms with Gasteiger partial charge in [0.1, 0.15) is 17.4 Å². The topological polar surface area (TPSA) is 108 Å². The van der Waals surface area contributed by atoms with Crippen LogP contribution in [-0.2, 0) is 0 Å². The summed E-state index contributed by atoms with van der Waals surface area (Å²) in [5.41, 5.74) is -3.82. The molecular formula is C19H17F3N2O5. The minimum Gasteiger partial charge on any atom is -0.508 e. The molecule has 3 atom stereocenters. The fourth-order valence-electron chi connectivity index (χ4n) is 3.23. The third-order valence-electron chi connectivity index (χ3n) is 4.72. The largest absolute Gasteiger partial charge is 0.508 e. The summed E-state index contributed by atoms with van der Waals surface area (Å²) in [5, 5.41) is 23.6. The van der Waals surface area contributed by atoms with E-state index in [1.54, 1.807) is 0 Å². The Balaban J connectivity index is 2.13. The van der Waals surface area contributed by atoms with E-state index in [-0.39, 0.29) is 16.9 Å². The smallest absolute Gasteiger partial charge is 0.437 e. The quantitative estimate of drug-likeness (QED) is 0.580. The number of aromatic hydroxyl groups is 1. The van der Waals surface area contributed by atoms with E-state index in [0.29, 0.717) is 5.75 Å². The lowest BCUT2D eigenvalue weighted by atomic mass is 9.77. The van der Waals surface area contributed by atoms with Crippen molar-refractivity contribution in [2.45, 2.75) is 17.9 Å². The van der Waals surface area contributed by atoms with E-state index in [0.717, 1.165) is 0 Å². The van der Waals surface area contributed by atoms with Gasteiger partial charge in [-0.1, -0.05) is 12.1 Å². The highest BCUT2D eigenvalue weighted by Gasteiger charge is 2.66. The van der Waals surface area contributed by atoms with Crippen molar-refractivity contribution >= 4 is 11.8 Å². The molecule has 0 aromatic heterocycles. The predicted molar refractivity (Wildman–Crippen MR) is 94.3 cm³/mol. The molecule has 0 bridgehead atoms. The molecule has 1 aliphatic heterocycles. The van der Waals surface area contributed by atoms with Crippen LogP contribution in [-0.4, -0.2) is 41.0 Å². The molecule has 10 heteroatoms. The van der Waals surface area contributed by atoms with E-state index >= 15 is 0 Å². The molecule has 2 amide bonds. The number of aliphatic hydroxyl groups is 1. The van der Waals surface area contributed by atoms with Crippen molar-refractivity contribution in [3.05, 3.63) is 59.7 Å². The Morgan fingerprint density at radius 3 is 2.21 bits per heavy atom. The van der Waals surface area contributed by atoms with Gasteiger partial charge in [-0.2, -0.15) is 13.2 Å². The van der Waals surface area contributed by atoms with Crippen LogP contribution in [0.3, 0.4) is 0 Å². The number of Topliss-reactive ketones (excluding diaryl/α,β-unsaturated/α-hetero) is 1. The molecule has 0 aliphatic carbocycles. The summed E-state index contributed by atoms with van der Waals surface area (Å²) in [6.07, 6.45) is -5.34. The van der Waals surface area contributed by atoms with Crippen LogP contribution < -0.4 is 15.4 Å². The van der Waals surface area contributed by atoms with Crippen LogP contribution in [0.4, 0.5) is 18.0 Å². The third-order valence-corrected chi connectivity index (χ3v) is 4.72. The Morgan fingerprint density at radius 2 is 1.69 bits per heavy atom. The van der Waals surface area contributed by atoms with E-state index in [9.17, 15) is 33.0 Å². The van der Waals surface area contributed by atoms with Gasteiger partial charge in [0.25, 0.3) is 0 Å². The number of phenolic OH excluding ortho intramolecular Hbond substituents is 1. The van der Waals surface area contributed by atoms with E-state index in [1.807, 2.05) is 0 Å².